The van der Waals surface area contributed by atoms with Gasteiger partial charge in [-0.25, -0.2) is 0 Å². The number of carbonyl (C=O) groups excluding carboxylic acids is 1. The molecule has 1 rings (SSSR count). The molecule has 1 aliphatic rings. The second-order valence-corrected chi connectivity index (χ2v) is 4.54. The summed E-state index contributed by atoms with van der Waals surface area (Å²) >= 11 is 0. The van der Waals surface area contributed by atoms with Gasteiger partial charge in [-0.1, -0.05) is 32.1 Å². The lowest BCUT2D eigenvalue weighted by Crippen LogP contribution is -2.41. The Labute approximate surface area is 93.0 Å². The van der Waals surface area contributed by atoms with E-state index < -0.39 is 0 Å². The molecule has 0 heterocycles. The summed E-state index contributed by atoms with van der Waals surface area (Å²) in [6, 6.07) is -0.00285. The van der Waals surface area contributed by atoms with Gasteiger partial charge in [-0.2, -0.15) is 0 Å². The van der Waals surface area contributed by atoms with E-state index in [9.17, 15) is 4.79 Å². The van der Waals surface area contributed by atoms with Crippen molar-refractivity contribution < 1.29 is 4.79 Å². The molecular weight excluding hydrogens is 188 g/mol. The van der Waals surface area contributed by atoms with Crippen molar-refractivity contribution in [1.29, 1.82) is 0 Å². The topological polar surface area (TPSA) is 41.1 Å². The average Bonchev–Trinajstić information content (AvgIpc) is 2.31. The molecule has 1 aliphatic carbocycles. The van der Waals surface area contributed by atoms with E-state index in [4.69, 9.17) is 0 Å². The SMILES string of the molecule is CNC(=O)C(CCC1CCCCC1)NC. The van der Waals surface area contributed by atoms with Gasteiger partial charge in [0.05, 0.1) is 6.04 Å². The molecule has 0 saturated heterocycles. The molecule has 0 spiro atoms. The van der Waals surface area contributed by atoms with Gasteiger partial charge in [0.1, 0.15) is 0 Å². The molecule has 0 aliphatic heterocycles. The van der Waals surface area contributed by atoms with E-state index in [1.807, 2.05) is 7.05 Å². The summed E-state index contributed by atoms with van der Waals surface area (Å²) in [5, 5.41) is 5.78. The minimum absolute atomic E-state index is 0.00285. The predicted molar refractivity (Wildman–Crippen MR) is 62.7 cm³/mol. The van der Waals surface area contributed by atoms with Gasteiger partial charge in [0, 0.05) is 7.05 Å². The molecule has 0 bridgehead atoms. The maximum Gasteiger partial charge on any atom is 0.236 e. The fourth-order valence-corrected chi connectivity index (χ4v) is 2.46. The largest absolute Gasteiger partial charge is 0.358 e. The number of nitrogens with one attached hydrogen (secondary N) is 2. The average molecular weight is 212 g/mol. The van der Waals surface area contributed by atoms with Crippen LogP contribution in [-0.2, 0) is 4.79 Å². The van der Waals surface area contributed by atoms with Crippen LogP contribution in [0.2, 0.25) is 0 Å². The molecular formula is C12H24N2O. The molecule has 0 aromatic heterocycles. The molecule has 1 amide bonds. The van der Waals surface area contributed by atoms with Gasteiger partial charge >= 0.3 is 0 Å². The van der Waals surface area contributed by atoms with E-state index in [0.29, 0.717) is 0 Å². The summed E-state index contributed by atoms with van der Waals surface area (Å²) in [4.78, 5) is 11.4. The smallest absolute Gasteiger partial charge is 0.236 e. The molecule has 1 atom stereocenters. The maximum absolute atomic E-state index is 11.4. The highest BCUT2D eigenvalue weighted by atomic mass is 16.2. The van der Waals surface area contributed by atoms with Gasteiger partial charge in [-0.3, -0.25) is 4.79 Å². The van der Waals surface area contributed by atoms with Crippen LogP contribution in [0.4, 0.5) is 0 Å². The minimum Gasteiger partial charge on any atom is -0.358 e. The normalized spacial score (nSPS) is 19.9. The third-order valence-electron chi connectivity index (χ3n) is 3.50. The summed E-state index contributed by atoms with van der Waals surface area (Å²) in [5.74, 6) is 0.979. The van der Waals surface area contributed by atoms with Crippen LogP contribution in [0.15, 0.2) is 0 Å². The highest BCUT2D eigenvalue weighted by Gasteiger charge is 2.18. The summed E-state index contributed by atoms with van der Waals surface area (Å²) in [5.41, 5.74) is 0. The number of amides is 1. The zero-order chi connectivity index (χ0) is 11.1. The van der Waals surface area contributed by atoms with E-state index in [1.54, 1.807) is 7.05 Å². The molecule has 1 fully saturated rings. The first-order valence-electron chi connectivity index (χ1n) is 6.16. The lowest BCUT2D eigenvalue weighted by atomic mass is 9.85. The highest BCUT2D eigenvalue weighted by Crippen LogP contribution is 2.27. The molecule has 2 N–H and O–H groups in total. The van der Waals surface area contributed by atoms with Crippen molar-refractivity contribution in [2.45, 2.75) is 51.0 Å². The summed E-state index contributed by atoms with van der Waals surface area (Å²) in [6.45, 7) is 0. The molecule has 3 nitrogen and oxygen atoms in total. The van der Waals surface area contributed by atoms with Crippen molar-refractivity contribution in [3.05, 3.63) is 0 Å². The molecule has 88 valence electrons. The Kier molecular flexibility index (Phi) is 5.69. The quantitative estimate of drug-likeness (QED) is 0.728. The van der Waals surface area contributed by atoms with Crippen molar-refractivity contribution in [2.75, 3.05) is 14.1 Å². The van der Waals surface area contributed by atoms with Crippen molar-refractivity contribution in [3.8, 4) is 0 Å². The highest BCUT2D eigenvalue weighted by molar-refractivity contribution is 5.81. The predicted octanol–water partition coefficient (Wildman–Crippen LogP) is 1.68. The van der Waals surface area contributed by atoms with Crippen molar-refractivity contribution in [1.82, 2.24) is 10.6 Å². The van der Waals surface area contributed by atoms with Crippen LogP contribution in [0.1, 0.15) is 44.9 Å². The molecule has 15 heavy (non-hydrogen) atoms. The third kappa shape index (κ3) is 4.20. The number of carbonyl (C=O) groups is 1. The number of hydrogen-bond donors (Lipinski definition) is 2. The van der Waals surface area contributed by atoms with Crippen LogP contribution in [0, 0.1) is 5.92 Å². The second kappa shape index (κ2) is 6.83. The Morgan fingerprint density at radius 1 is 1.27 bits per heavy atom. The Morgan fingerprint density at radius 3 is 2.47 bits per heavy atom. The first-order valence-corrected chi connectivity index (χ1v) is 6.16. The number of hydrogen-bond acceptors (Lipinski definition) is 2. The van der Waals surface area contributed by atoms with Crippen molar-refractivity contribution >= 4 is 5.91 Å². The molecule has 0 aromatic carbocycles. The van der Waals surface area contributed by atoms with Crippen LogP contribution >= 0.6 is 0 Å². The maximum atomic E-state index is 11.4. The molecule has 1 saturated carbocycles. The number of likely N-dealkylation sites (N-methyl/N-ethyl adjacent to an activating group) is 2. The molecule has 1 unspecified atom stereocenters. The van der Waals surface area contributed by atoms with E-state index >= 15 is 0 Å². The Morgan fingerprint density at radius 2 is 1.93 bits per heavy atom. The van der Waals surface area contributed by atoms with Gasteiger partial charge in [-0.05, 0) is 25.8 Å². The molecule has 0 radical (unpaired) electrons. The monoisotopic (exact) mass is 212 g/mol. The fraction of sp³-hybridized carbons (Fsp3) is 0.917. The van der Waals surface area contributed by atoms with E-state index in [0.717, 1.165) is 12.3 Å². The lowest BCUT2D eigenvalue weighted by molar-refractivity contribution is -0.122. The first kappa shape index (κ1) is 12.5. The van der Waals surface area contributed by atoms with E-state index in [1.165, 1.54) is 38.5 Å². The van der Waals surface area contributed by atoms with Crippen LogP contribution in [0.3, 0.4) is 0 Å². The molecule has 3 heteroatoms. The van der Waals surface area contributed by atoms with Crippen LogP contribution in [0.25, 0.3) is 0 Å². The Bertz CT molecular complexity index is 188. The first-order chi connectivity index (χ1) is 7.27. The second-order valence-electron chi connectivity index (χ2n) is 4.54. The van der Waals surface area contributed by atoms with Gasteiger partial charge in [0.25, 0.3) is 0 Å². The number of rotatable bonds is 5. The zero-order valence-electron chi connectivity index (χ0n) is 10.0. The zero-order valence-corrected chi connectivity index (χ0v) is 10.0. The summed E-state index contributed by atoms with van der Waals surface area (Å²) in [7, 11) is 3.56. The molecule has 0 aromatic rings. The van der Waals surface area contributed by atoms with Crippen LogP contribution < -0.4 is 10.6 Å². The van der Waals surface area contributed by atoms with Crippen molar-refractivity contribution in [3.63, 3.8) is 0 Å². The summed E-state index contributed by atoms with van der Waals surface area (Å²) < 4.78 is 0. The van der Waals surface area contributed by atoms with Crippen LogP contribution in [-0.4, -0.2) is 26.0 Å². The fourth-order valence-electron chi connectivity index (χ4n) is 2.46. The van der Waals surface area contributed by atoms with Crippen molar-refractivity contribution in [2.24, 2.45) is 5.92 Å². The Balaban J connectivity index is 2.23. The van der Waals surface area contributed by atoms with Gasteiger partial charge in [-0.15, -0.1) is 0 Å². The van der Waals surface area contributed by atoms with Gasteiger partial charge in [0.2, 0.25) is 5.91 Å². The third-order valence-corrected chi connectivity index (χ3v) is 3.50. The lowest BCUT2D eigenvalue weighted by Gasteiger charge is -2.23. The van der Waals surface area contributed by atoms with Gasteiger partial charge in [0.15, 0.2) is 0 Å². The van der Waals surface area contributed by atoms with E-state index in [2.05, 4.69) is 10.6 Å². The van der Waals surface area contributed by atoms with Crippen LogP contribution in [0.5, 0.6) is 0 Å². The minimum atomic E-state index is -0.00285. The van der Waals surface area contributed by atoms with E-state index in [-0.39, 0.29) is 11.9 Å². The summed E-state index contributed by atoms with van der Waals surface area (Å²) in [6.07, 6.45) is 9.07. The standard InChI is InChI=1S/C12H24N2O/c1-13-11(12(15)14-2)9-8-10-6-4-3-5-7-10/h10-11,13H,3-9H2,1-2H3,(H,14,15). The van der Waals surface area contributed by atoms with Gasteiger partial charge < -0.3 is 10.6 Å². The Hall–Kier alpha value is -0.570.